The Hall–Kier alpha value is -1.75. The molecule has 0 saturated carbocycles. The van der Waals surface area contributed by atoms with Gasteiger partial charge < -0.3 is 5.32 Å². The van der Waals surface area contributed by atoms with E-state index in [1.54, 1.807) is 4.80 Å². The fourth-order valence-corrected chi connectivity index (χ4v) is 1.92. The Morgan fingerprint density at radius 3 is 2.63 bits per heavy atom. The first-order valence-electron chi connectivity index (χ1n) is 6.73. The average Bonchev–Trinajstić information content (AvgIpc) is 2.86. The number of benzene rings is 1. The first-order chi connectivity index (χ1) is 9.22. The van der Waals surface area contributed by atoms with E-state index < -0.39 is 0 Å². The topological polar surface area (TPSA) is 55.6 Å². The van der Waals surface area contributed by atoms with Crippen LogP contribution in [-0.4, -0.2) is 27.3 Å². The summed E-state index contributed by atoms with van der Waals surface area (Å²) in [6, 6.07) is 8.66. The van der Waals surface area contributed by atoms with Crippen molar-refractivity contribution >= 4 is 0 Å². The molecule has 0 bridgehead atoms. The lowest BCUT2D eigenvalue weighted by Crippen LogP contribution is -2.08. The molecule has 19 heavy (non-hydrogen) atoms. The molecule has 0 aliphatic heterocycles. The number of tetrazole rings is 1. The van der Waals surface area contributed by atoms with Crippen LogP contribution in [0.3, 0.4) is 0 Å². The quantitative estimate of drug-likeness (QED) is 0.861. The van der Waals surface area contributed by atoms with E-state index in [0.717, 1.165) is 12.2 Å². The van der Waals surface area contributed by atoms with E-state index >= 15 is 0 Å². The van der Waals surface area contributed by atoms with Crippen LogP contribution in [0.2, 0.25) is 0 Å². The van der Waals surface area contributed by atoms with Crippen LogP contribution in [0.4, 0.5) is 0 Å². The van der Waals surface area contributed by atoms with Gasteiger partial charge in [0.2, 0.25) is 0 Å². The second-order valence-corrected chi connectivity index (χ2v) is 4.82. The zero-order chi connectivity index (χ0) is 13.7. The molecule has 0 aliphatic rings. The van der Waals surface area contributed by atoms with E-state index in [0.29, 0.717) is 19.0 Å². The van der Waals surface area contributed by atoms with Gasteiger partial charge in [-0.2, -0.15) is 4.80 Å². The minimum absolute atomic E-state index is 0.612. The van der Waals surface area contributed by atoms with Gasteiger partial charge in [-0.15, -0.1) is 10.2 Å². The summed E-state index contributed by atoms with van der Waals surface area (Å²) in [6.45, 7) is 5.77. The molecule has 1 aromatic heterocycles. The molecule has 1 N–H and O–H groups in total. The summed E-state index contributed by atoms with van der Waals surface area (Å²) >= 11 is 0. The third-order valence-corrected chi connectivity index (χ3v) is 3.31. The van der Waals surface area contributed by atoms with Gasteiger partial charge in [0, 0.05) is 0 Å². The number of nitrogens with zero attached hydrogens (tertiary/aromatic N) is 4. The fourth-order valence-electron chi connectivity index (χ4n) is 1.92. The number of hydrogen-bond donors (Lipinski definition) is 1. The fraction of sp³-hybridized carbons (Fsp3) is 0.500. The van der Waals surface area contributed by atoms with E-state index in [9.17, 15) is 0 Å². The summed E-state index contributed by atoms with van der Waals surface area (Å²) in [7, 11) is 1.87. The second-order valence-electron chi connectivity index (χ2n) is 4.82. The number of aromatic nitrogens is 4. The monoisotopic (exact) mass is 259 g/mol. The Balaban J connectivity index is 2.02. The van der Waals surface area contributed by atoms with Gasteiger partial charge in [-0.25, -0.2) is 0 Å². The number of nitrogens with one attached hydrogen (secondary N) is 1. The van der Waals surface area contributed by atoms with Gasteiger partial charge in [-0.1, -0.05) is 38.1 Å². The molecule has 102 valence electrons. The van der Waals surface area contributed by atoms with Gasteiger partial charge in [0.25, 0.3) is 0 Å². The lowest BCUT2D eigenvalue weighted by molar-refractivity contribution is 0.569. The molecule has 0 aliphatic carbocycles. The Kier molecular flexibility index (Phi) is 4.63. The zero-order valence-corrected chi connectivity index (χ0v) is 11.8. The summed E-state index contributed by atoms with van der Waals surface area (Å²) in [6.07, 6.45) is 1.16. The summed E-state index contributed by atoms with van der Waals surface area (Å²) in [5.41, 5.74) is 2.58. The van der Waals surface area contributed by atoms with Crippen molar-refractivity contribution in [3.63, 3.8) is 0 Å². The van der Waals surface area contributed by atoms with Crippen molar-refractivity contribution in [2.45, 2.75) is 39.3 Å². The highest BCUT2D eigenvalue weighted by atomic mass is 15.6. The third kappa shape index (κ3) is 3.61. The molecule has 1 atom stereocenters. The van der Waals surface area contributed by atoms with Crippen molar-refractivity contribution in [3.05, 3.63) is 41.2 Å². The largest absolute Gasteiger partial charge is 0.313 e. The molecule has 2 aromatic rings. The van der Waals surface area contributed by atoms with E-state index in [2.05, 4.69) is 58.8 Å². The molecule has 0 spiro atoms. The summed E-state index contributed by atoms with van der Waals surface area (Å²) in [5.74, 6) is 1.33. The van der Waals surface area contributed by atoms with Gasteiger partial charge in [0.1, 0.15) is 0 Å². The highest BCUT2D eigenvalue weighted by Gasteiger charge is 2.05. The van der Waals surface area contributed by atoms with Crippen molar-refractivity contribution in [2.75, 3.05) is 7.05 Å². The predicted molar refractivity (Wildman–Crippen MR) is 74.8 cm³/mol. The normalized spacial score (nSPS) is 12.6. The molecule has 0 radical (unpaired) electrons. The summed E-state index contributed by atoms with van der Waals surface area (Å²) in [4.78, 5) is 1.63. The maximum absolute atomic E-state index is 4.30. The van der Waals surface area contributed by atoms with Crippen LogP contribution in [0.1, 0.15) is 43.1 Å². The molecule has 1 aromatic carbocycles. The van der Waals surface area contributed by atoms with Crippen LogP contribution < -0.4 is 5.32 Å². The second kappa shape index (κ2) is 6.43. The number of rotatable bonds is 6. The van der Waals surface area contributed by atoms with Crippen molar-refractivity contribution in [2.24, 2.45) is 0 Å². The lowest BCUT2D eigenvalue weighted by atomic mass is 9.98. The van der Waals surface area contributed by atoms with Crippen molar-refractivity contribution in [1.29, 1.82) is 0 Å². The molecule has 5 heteroatoms. The van der Waals surface area contributed by atoms with Gasteiger partial charge in [0.15, 0.2) is 5.82 Å². The van der Waals surface area contributed by atoms with Gasteiger partial charge in [0.05, 0.1) is 13.1 Å². The molecule has 0 fully saturated rings. The highest BCUT2D eigenvalue weighted by molar-refractivity contribution is 5.24. The maximum atomic E-state index is 4.30. The molecule has 1 heterocycles. The van der Waals surface area contributed by atoms with Crippen LogP contribution in [0.5, 0.6) is 0 Å². The van der Waals surface area contributed by atoms with E-state index in [-0.39, 0.29) is 0 Å². The van der Waals surface area contributed by atoms with Crippen LogP contribution in [0.25, 0.3) is 0 Å². The minimum Gasteiger partial charge on any atom is -0.313 e. The summed E-state index contributed by atoms with van der Waals surface area (Å²) < 4.78 is 0. The molecular weight excluding hydrogens is 238 g/mol. The standard InChI is InChI=1S/C14H21N5/c1-4-11(2)13-7-5-12(6-8-13)10-19-17-14(9-15-3)16-18-19/h5-8,11,15H,4,9-10H2,1-3H3. The number of hydrogen-bond acceptors (Lipinski definition) is 4. The Morgan fingerprint density at radius 1 is 1.26 bits per heavy atom. The Morgan fingerprint density at radius 2 is 2.00 bits per heavy atom. The average molecular weight is 259 g/mol. The van der Waals surface area contributed by atoms with Crippen LogP contribution in [-0.2, 0) is 13.1 Å². The SMILES string of the molecule is CCC(C)c1ccc(Cn2nnc(CNC)n2)cc1. The molecule has 1 unspecified atom stereocenters. The molecule has 2 rings (SSSR count). The smallest absolute Gasteiger partial charge is 0.188 e. The maximum Gasteiger partial charge on any atom is 0.188 e. The van der Waals surface area contributed by atoms with Crippen LogP contribution >= 0.6 is 0 Å². The van der Waals surface area contributed by atoms with Gasteiger partial charge in [-0.3, -0.25) is 0 Å². The van der Waals surface area contributed by atoms with Gasteiger partial charge >= 0.3 is 0 Å². The molecule has 0 saturated heterocycles. The minimum atomic E-state index is 0.612. The molecule has 0 amide bonds. The van der Waals surface area contributed by atoms with Crippen LogP contribution in [0, 0.1) is 0 Å². The summed E-state index contributed by atoms with van der Waals surface area (Å²) in [5, 5.41) is 15.3. The van der Waals surface area contributed by atoms with E-state index in [1.165, 1.54) is 11.1 Å². The molecular formula is C14H21N5. The highest BCUT2D eigenvalue weighted by Crippen LogP contribution is 2.18. The first-order valence-corrected chi connectivity index (χ1v) is 6.73. The van der Waals surface area contributed by atoms with E-state index in [1.807, 2.05) is 7.05 Å². The first kappa shape index (κ1) is 13.7. The lowest BCUT2D eigenvalue weighted by Gasteiger charge is -2.09. The molecule has 5 nitrogen and oxygen atoms in total. The van der Waals surface area contributed by atoms with Crippen molar-refractivity contribution in [1.82, 2.24) is 25.5 Å². The van der Waals surface area contributed by atoms with Crippen molar-refractivity contribution in [3.8, 4) is 0 Å². The zero-order valence-electron chi connectivity index (χ0n) is 11.8. The van der Waals surface area contributed by atoms with Gasteiger partial charge in [-0.05, 0) is 35.7 Å². The van der Waals surface area contributed by atoms with Crippen molar-refractivity contribution < 1.29 is 0 Å². The van der Waals surface area contributed by atoms with Crippen LogP contribution in [0.15, 0.2) is 24.3 Å². The third-order valence-electron chi connectivity index (χ3n) is 3.31. The Labute approximate surface area is 114 Å². The van der Waals surface area contributed by atoms with E-state index in [4.69, 9.17) is 0 Å². The Bertz CT molecular complexity index is 503. The predicted octanol–water partition coefficient (Wildman–Crippen LogP) is 1.95.